The van der Waals surface area contributed by atoms with Crippen LogP contribution in [0.5, 0.6) is 0 Å². The molecule has 2 heterocycles. The molecule has 0 fully saturated rings. The first kappa shape index (κ1) is 15.8. The molecule has 126 valence electrons. The maximum atomic E-state index is 12.5. The fourth-order valence-corrected chi connectivity index (χ4v) is 3.47. The Morgan fingerprint density at radius 3 is 2.48 bits per heavy atom. The van der Waals surface area contributed by atoms with Crippen molar-refractivity contribution in [1.29, 1.82) is 0 Å². The minimum atomic E-state index is -0.542. The molecule has 0 saturated carbocycles. The third-order valence-corrected chi connectivity index (χ3v) is 4.50. The summed E-state index contributed by atoms with van der Waals surface area (Å²) in [5, 5.41) is 1.79. The Kier molecular flexibility index (Phi) is 3.23. The van der Waals surface area contributed by atoms with Gasteiger partial charge >= 0.3 is 5.97 Å². The number of hydrogen-bond acceptors (Lipinski definition) is 4. The van der Waals surface area contributed by atoms with Gasteiger partial charge in [0.2, 0.25) is 0 Å². The van der Waals surface area contributed by atoms with Gasteiger partial charge in [0, 0.05) is 16.7 Å². The number of nitrogens with zero attached hydrogens (tertiary/aromatic N) is 2. The van der Waals surface area contributed by atoms with Crippen LogP contribution in [0.25, 0.3) is 16.7 Å². The van der Waals surface area contributed by atoms with Crippen molar-refractivity contribution in [3.8, 4) is 11.1 Å². The van der Waals surface area contributed by atoms with Gasteiger partial charge in [-0.25, -0.2) is 14.8 Å². The highest BCUT2D eigenvalue weighted by molar-refractivity contribution is 5.99. The van der Waals surface area contributed by atoms with Gasteiger partial charge in [0.05, 0.1) is 16.4 Å². The topological polar surface area (TPSA) is 51.0 Å². The lowest BCUT2D eigenvalue weighted by atomic mass is 9.96. The molecule has 0 saturated heterocycles. The monoisotopic (exact) mass is 332 g/mol. The first-order valence-electron chi connectivity index (χ1n) is 8.41. The number of ether oxygens (including phenoxy) is 1. The van der Waals surface area contributed by atoms with Crippen LogP contribution in [0, 0.1) is 6.92 Å². The molecule has 0 radical (unpaired) electrons. The Balaban J connectivity index is 1.89. The van der Waals surface area contributed by atoms with Crippen molar-refractivity contribution in [1.82, 2.24) is 0 Å². The quantitative estimate of drug-likeness (QED) is 0.639. The van der Waals surface area contributed by atoms with Crippen molar-refractivity contribution in [2.75, 3.05) is 0 Å². The molecule has 25 heavy (non-hydrogen) atoms. The average molecular weight is 332 g/mol. The number of benzene rings is 2. The SMILES string of the molecule is CC1=C(C(=O)OC(C)(C)C)N=c2cc3c(c(C)c21)=Nc1ccccc1-3. The van der Waals surface area contributed by atoms with Crippen LogP contribution in [0.2, 0.25) is 0 Å². The largest absolute Gasteiger partial charge is 0.455 e. The van der Waals surface area contributed by atoms with Crippen LogP contribution < -0.4 is 10.7 Å². The number of allylic oxidation sites excluding steroid dienone is 1. The van der Waals surface area contributed by atoms with E-state index in [1.165, 1.54) is 0 Å². The second kappa shape index (κ2) is 5.12. The summed E-state index contributed by atoms with van der Waals surface area (Å²) in [7, 11) is 0. The van der Waals surface area contributed by atoms with Gasteiger partial charge < -0.3 is 4.74 Å². The molecule has 0 N–H and O–H groups in total. The van der Waals surface area contributed by atoms with Crippen LogP contribution in [0.1, 0.15) is 38.8 Å². The third kappa shape index (κ3) is 2.40. The minimum Gasteiger partial charge on any atom is -0.455 e. The van der Waals surface area contributed by atoms with E-state index >= 15 is 0 Å². The van der Waals surface area contributed by atoms with Crippen molar-refractivity contribution in [3.63, 3.8) is 0 Å². The highest BCUT2D eigenvalue weighted by Gasteiger charge is 2.28. The van der Waals surface area contributed by atoms with Crippen molar-refractivity contribution < 1.29 is 9.53 Å². The number of para-hydroxylation sites is 1. The molecular weight excluding hydrogens is 312 g/mol. The normalized spacial score (nSPS) is 14.4. The molecule has 4 heteroatoms. The summed E-state index contributed by atoms with van der Waals surface area (Å²) in [6.45, 7) is 9.55. The first-order chi connectivity index (χ1) is 11.8. The van der Waals surface area contributed by atoms with Crippen molar-refractivity contribution in [2.45, 2.75) is 40.2 Å². The van der Waals surface area contributed by atoms with Gasteiger partial charge in [0.25, 0.3) is 0 Å². The summed E-state index contributed by atoms with van der Waals surface area (Å²) in [5.74, 6) is -0.377. The highest BCUT2D eigenvalue weighted by Crippen LogP contribution is 2.34. The number of carbonyl (C=O) groups is 1. The van der Waals surface area contributed by atoms with Crippen LogP contribution in [-0.4, -0.2) is 11.6 Å². The number of fused-ring (bicyclic) bond motifs is 4. The fraction of sp³-hybridized carbons (Fsp3) is 0.286. The predicted octanol–water partition coefficient (Wildman–Crippen LogP) is 3.63. The van der Waals surface area contributed by atoms with Crippen LogP contribution in [0.3, 0.4) is 0 Å². The van der Waals surface area contributed by atoms with Gasteiger partial charge in [-0.1, -0.05) is 18.2 Å². The number of hydrogen-bond donors (Lipinski definition) is 0. The second-order valence-electron chi connectivity index (χ2n) is 7.51. The van der Waals surface area contributed by atoms with E-state index in [0.29, 0.717) is 5.70 Å². The molecule has 0 aromatic heterocycles. The van der Waals surface area contributed by atoms with Crippen molar-refractivity contribution in [2.24, 2.45) is 9.98 Å². The van der Waals surface area contributed by atoms with Gasteiger partial charge in [0.15, 0.2) is 5.70 Å². The Morgan fingerprint density at radius 1 is 1.04 bits per heavy atom. The van der Waals surface area contributed by atoms with Crippen LogP contribution >= 0.6 is 0 Å². The summed E-state index contributed by atoms with van der Waals surface area (Å²) in [6.07, 6.45) is 0. The van der Waals surface area contributed by atoms with Crippen LogP contribution in [0.15, 0.2) is 46.0 Å². The Morgan fingerprint density at radius 2 is 1.76 bits per heavy atom. The molecule has 2 aliphatic heterocycles. The van der Waals surface area contributed by atoms with Crippen LogP contribution in [-0.2, 0) is 9.53 Å². The van der Waals surface area contributed by atoms with Gasteiger partial charge in [-0.05, 0) is 57.9 Å². The summed E-state index contributed by atoms with van der Waals surface area (Å²) >= 11 is 0. The number of carbonyl (C=O) groups excluding carboxylic acids is 1. The lowest BCUT2D eigenvalue weighted by molar-refractivity contribution is -0.149. The fourth-order valence-electron chi connectivity index (χ4n) is 3.47. The van der Waals surface area contributed by atoms with Gasteiger partial charge in [-0.2, -0.15) is 0 Å². The van der Waals surface area contributed by atoms with E-state index in [0.717, 1.165) is 44.2 Å². The molecule has 4 rings (SSSR count). The van der Waals surface area contributed by atoms with Crippen molar-refractivity contribution >= 4 is 17.2 Å². The molecule has 0 bridgehead atoms. The summed E-state index contributed by atoms with van der Waals surface area (Å²) in [4.78, 5) is 21.9. The Labute approximate surface area is 146 Å². The maximum Gasteiger partial charge on any atom is 0.357 e. The maximum absolute atomic E-state index is 12.5. The van der Waals surface area contributed by atoms with E-state index in [-0.39, 0.29) is 5.97 Å². The predicted molar refractivity (Wildman–Crippen MR) is 97.0 cm³/mol. The molecule has 2 aliphatic rings. The molecular formula is C21H20N2O2. The third-order valence-electron chi connectivity index (χ3n) is 4.50. The highest BCUT2D eigenvalue weighted by atomic mass is 16.6. The lowest BCUT2D eigenvalue weighted by Gasteiger charge is -2.19. The number of esters is 1. The molecule has 0 unspecified atom stereocenters. The van der Waals surface area contributed by atoms with Crippen LogP contribution in [0.4, 0.5) is 5.69 Å². The number of rotatable bonds is 1. The van der Waals surface area contributed by atoms with Crippen molar-refractivity contribution in [3.05, 3.63) is 57.9 Å². The van der Waals surface area contributed by atoms with E-state index < -0.39 is 5.60 Å². The summed E-state index contributed by atoms with van der Waals surface area (Å²) < 4.78 is 5.51. The van der Waals surface area contributed by atoms with Gasteiger partial charge in [-0.3, -0.25) is 0 Å². The van der Waals surface area contributed by atoms with E-state index in [4.69, 9.17) is 9.73 Å². The van der Waals surface area contributed by atoms with E-state index in [9.17, 15) is 4.79 Å². The molecule has 4 nitrogen and oxygen atoms in total. The molecule has 0 atom stereocenters. The van der Waals surface area contributed by atoms with Gasteiger partial charge in [-0.15, -0.1) is 0 Å². The zero-order valence-electron chi connectivity index (χ0n) is 15.1. The zero-order chi connectivity index (χ0) is 17.9. The smallest absolute Gasteiger partial charge is 0.357 e. The lowest BCUT2D eigenvalue weighted by Crippen LogP contribution is -2.24. The van der Waals surface area contributed by atoms with Gasteiger partial charge in [0.1, 0.15) is 5.60 Å². The Bertz CT molecular complexity index is 1090. The van der Waals surface area contributed by atoms with E-state index in [2.05, 4.69) is 11.1 Å². The average Bonchev–Trinajstić information content (AvgIpc) is 3.05. The molecule has 2 aromatic rings. The minimum absolute atomic E-state index is 0.377. The summed E-state index contributed by atoms with van der Waals surface area (Å²) in [5.41, 5.74) is 5.94. The molecule has 0 aliphatic carbocycles. The summed E-state index contributed by atoms with van der Waals surface area (Å²) in [6, 6.07) is 10.1. The van der Waals surface area contributed by atoms with E-state index in [1.54, 1.807) is 0 Å². The Hall–Kier alpha value is -2.75. The molecule has 0 spiro atoms. The zero-order valence-corrected chi connectivity index (χ0v) is 15.1. The molecule has 0 amide bonds. The van der Waals surface area contributed by atoms with E-state index in [1.807, 2.05) is 58.9 Å². The molecule has 2 aromatic carbocycles. The standard InChI is InChI=1S/C21H20N2O2/c1-11-17-12(2)19(20(24)25-21(3,4)5)23-16(17)10-14-13-8-6-7-9-15(13)22-18(11)14/h6-10H,1-5H3. The second-order valence-corrected chi connectivity index (χ2v) is 7.51. The first-order valence-corrected chi connectivity index (χ1v) is 8.41.